The molecule has 1 aromatic rings. The van der Waals surface area contributed by atoms with E-state index in [-0.39, 0.29) is 18.0 Å². The lowest BCUT2D eigenvalue weighted by Gasteiger charge is -2.31. The summed E-state index contributed by atoms with van der Waals surface area (Å²) in [5.74, 6) is 0.417. The highest BCUT2D eigenvalue weighted by Crippen LogP contribution is 2.36. The summed E-state index contributed by atoms with van der Waals surface area (Å²) in [4.78, 5) is 12.6. The van der Waals surface area contributed by atoms with Gasteiger partial charge in [-0.25, -0.2) is 0 Å². The van der Waals surface area contributed by atoms with Crippen molar-refractivity contribution in [2.75, 3.05) is 0 Å². The van der Waals surface area contributed by atoms with Gasteiger partial charge in [-0.1, -0.05) is 37.6 Å². The third kappa shape index (κ3) is 7.20. The highest BCUT2D eigenvalue weighted by atomic mass is 19.1. The number of hydrogen-bond donors (Lipinski definition) is 0. The van der Waals surface area contributed by atoms with Gasteiger partial charge in [-0.15, -0.1) is 0 Å². The fraction of sp³-hybridized carbons (Fsp3) is 0.630. The molecule has 0 spiro atoms. The molecule has 168 valence electrons. The summed E-state index contributed by atoms with van der Waals surface area (Å²) < 4.78 is 18.8. The molecule has 2 aliphatic rings. The van der Waals surface area contributed by atoms with Gasteiger partial charge in [0.05, 0.1) is 5.92 Å². The molecule has 0 aromatic heterocycles. The van der Waals surface area contributed by atoms with Gasteiger partial charge in [-0.3, -0.25) is 4.79 Å². The first kappa shape index (κ1) is 23.5. The number of halogens is 1. The molecule has 0 unspecified atom stereocenters. The van der Waals surface area contributed by atoms with Crippen molar-refractivity contribution in [2.45, 2.75) is 96.0 Å². The molecule has 0 N–H and O–H groups in total. The maximum Gasteiger partial charge on any atom is 0.309 e. The van der Waals surface area contributed by atoms with Gasteiger partial charge in [0.2, 0.25) is 0 Å². The van der Waals surface area contributed by atoms with Crippen LogP contribution in [0.2, 0.25) is 0 Å². The number of esters is 1. The normalized spacial score (nSPS) is 26.8. The number of carbonyl (C=O) groups excluding carboxylic acids is 1. The molecule has 3 nitrogen and oxygen atoms in total. The topological polar surface area (TPSA) is 50.1 Å². The van der Waals surface area contributed by atoms with E-state index < -0.39 is 5.83 Å². The third-order valence-corrected chi connectivity index (χ3v) is 7.13. The van der Waals surface area contributed by atoms with E-state index in [0.29, 0.717) is 18.3 Å². The van der Waals surface area contributed by atoms with Crippen molar-refractivity contribution in [3.05, 3.63) is 47.3 Å². The van der Waals surface area contributed by atoms with Crippen LogP contribution in [0.1, 0.15) is 94.6 Å². The number of hydrogen-bond acceptors (Lipinski definition) is 3. The number of benzene rings is 1. The molecule has 31 heavy (non-hydrogen) atoms. The minimum absolute atomic E-state index is 0.0127. The van der Waals surface area contributed by atoms with Crippen molar-refractivity contribution in [1.29, 1.82) is 5.26 Å². The zero-order valence-corrected chi connectivity index (χ0v) is 18.8. The molecule has 0 heterocycles. The lowest BCUT2D eigenvalue weighted by atomic mass is 9.79. The van der Waals surface area contributed by atoms with E-state index in [9.17, 15) is 9.18 Å². The van der Waals surface area contributed by atoms with Crippen LogP contribution in [0.15, 0.2) is 36.2 Å². The van der Waals surface area contributed by atoms with Crippen molar-refractivity contribution in [3.8, 4) is 6.07 Å². The van der Waals surface area contributed by atoms with Crippen molar-refractivity contribution in [3.63, 3.8) is 0 Å². The van der Waals surface area contributed by atoms with Crippen LogP contribution in [0, 0.1) is 23.2 Å². The molecule has 0 saturated heterocycles. The van der Waals surface area contributed by atoms with E-state index in [2.05, 4.69) is 31.2 Å². The quantitative estimate of drug-likeness (QED) is 0.328. The predicted molar refractivity (Wildman–Crippen MR) is 121 cm³/mol. The van der Waals surface area contributed by atoms with Crippen molar-refractivity contribution in [1.82, 2.24) is 0 Å². The van der Waals surface area contributed by atoms with Gasteiger partial charge in [-0.05, 0) is 99.7 Å². The van der Waals surface area contributed by atoms with Gasteiger partial charge in [0.1, 0.15) is 12.2 Å². The molecule has 4 heteroatoms. The molecule has 2 fully saturated rings. The molecule has 2 saturated carbocycles. The van der Waals surface area contributed by atoms with Gasteiger partial charge in [0.25, 0.3) is 0 Å². The fourth-order valence-electron chi connectivity index (χ4n) is 5.20. The molecule has 2 aliphatic carbocycles. The zero-order chi connectivity index (χ0) is 22.1. The summed E-state index contributed by atoms with van der Waals surface area (Å²) in [7, 11) is 0. The van der Waals surface area contributed by atoms with Crippen LogP contribution < -0.4 is 0 Å². The Bertz CT molecular complexity index is 763. The van der Waals surface area contributed by atoms with Gasteiger partial charge in [0, 0.05) is 0 Å². The summed E-state index contributed by atoms with van der Waals surface area (Å²) in [5.41, 5.74) is 2.84. The first-order valence-corrected chi connectivity index (χ1v) is 12.1. The standard InChI is InChI=1S/C27H36FNO2/c1-2-4-20-7-11-22(12-8-20)23-15-17-26(18-16-23)31-27(30)24-13-9-21(10-14-24)5-3-6-25(28)19-29/h6-8,11-12,21,23-24,26H,2-5,9-10,13-18H2,1H3. The van der Waals surface area contributed by atoms with Crippen LogP contribution in [0.4, 0.5) is 4.39 Å². The van der Waals surface area contributed by atoms with Gasteiger partial charge >= 0.3 is 5.97 Å². The number of ether oxygens (including phenoxy) is 1. The van der Waals surface area contributed by atoms with E-state index in [1.165, 1.54) is 29.7 Å². The Morgan fingerprint density at radius 3 is 2.39 bits per heavy atom. The van der Waals surface area contributed by atoms with E-state index in [1.54, 1.807) is 0 Å². The predicted octanol–water partition coefficient (Wildman–Crippen LogP) is 7.17. The summed E-state index contributed by atoms with van der Waals surface area (Å²) >= 11 is 0. The average Bonchev–Trinajstić information content (AvgIpc) is 2.80. The number of nitrogens with zero attached hydrogens (tertiary/aromatic N) is 1. The van der Waals surface area contributed by atoms with E-state index in [0.717, 1.165) is 64.2 Å². The van der Waals surface area contributed by atoms with Crippen molar-refractivity contribution in [2.24, 2.45) is 11.8 Å². The van der Waals surface area contributed by atoms with Crippen LogP contribution in [0.25, 0.3) is 0 Å². The number of carbonyl (C=O) groups is 1. The Kier molecular flexibility index (Phi) is 9.13. The highest BCUT2D eigenvalue weighted by Gasteiger charge is 2.30. The summed E-state index contributed by atoms with van der Waals surface area (Å²) in [6.45, 7) is 2.21. The molecule has 3 rings (SSSR count). The lowest BCUT2D eigenvalue weighted by Crippen LogP contribution is -2.29. The molecule has 0 aliphatic heterocycles. The van der Waals surface area contributed by atoms with E-state index in [4.69, 9.17) is 10.00 Å². The Morgan fingerprint density at radius 1 is 1.10 bits per heavy atom. The number of nitriles is 1. The summed E-state index contributed by atoms with van der Waals surface area (Å²) in [6, 6.07) is 10.6. The molecule has 1 aromatic carbocycles. The molecular weight excluding hydrogens is 389 g/mol. The Hall–Kier alpha value is -2.15. The first-order chi connectivity index (χ1) is 15.1. The minimum atomic E-state index is -0.694. The van der Waals surface area contributed by atoms with Crippen LogP contribution >= 0.6 is 0 Å². The number of aryl methyl sites for hydroxylation is 1. The second-order valence-corrected chi connectivity index (χ2v) is 9.36. The van der Waals surface area contributed by atoms with Crippen LogP contribution in [-0.4, -0.2) is 12.1 Å². The molecule has 0 atom stereocenters. The molecule has 0 amide bonds. The first-order valence-electron chi connectivity index (χ1n) is 12.1. The van der Waals surface area contributed by atoms with Gasteiger partial charge in [-0.2, -0.15) is 9.65 Å². The molecule has 0 bridgehead atoms. The monoisotopic (exact) mass is 425 g/mol. The fourth-order valence-corrected chi connectivity index (χ4v) is 5.20. The van der Waals surface area contributed by atoms with Gasteiger partial charge in [0.15, 0.2) is 5.83 Å². The zero-order valence-electron chi connectivity index (χ0n) is 18.8. The highest BCUT2D eigenvalue weighted by molar-refractivity contribution is 5.72. The third-order valence-electron chi connectivity index (χ3n) is 7.13. The number of allylic oxidation sites excluding steroid dienone is 2. The smallest absolute Gasteiger partial charge is 0.309 e. The summed E-state index contributed by atoms with van der Waals surface area (Å²) in [6.07, 6.45) is 13.1. The SMILES string of the molecule is CCCc1ccc(C2CCC(OC(=O)C3CCC(CCC=C(F)C#N)CC3)CC2)cc1. The van der Waals surface area contributed by atoms with Crippen LogP contribution in [-0.2, 0) is 16.0 Å². The summed E-state index contributed by atoms with van der Waals surface area (Å²) in [5, 5.41) is 8.46. The van der Waals surface area contributed by atoms with Crippen LogP contribution in [0.5, 0.6) is 0 Å². The second kappa shape index (κ2) is 12.0. The second-order valence-electron chi connectivity index (χ2n) is 9.36. The average molecular weight is 426 g/mol. The molecule has 0 radical (unpaired) electrons. The van der Waals surface area contributed by atoms with E-state index in [1.807, 2.05) is 0 Å². The lowest BCUT2D eigenvalue weighted by molar-refractivity contribution is -0.157. The minimum Gasteiger partial charge on any atom is -0.462 e. The Labute approximate surface area is 186 Å². The maximum absolute atomic E-state index is 12.9. The number of rotatable bonds is 8. The molecular formula is C27H36FNO2. The largest absolute Gasteiger partial charge is 0.462 e. The van der Waals surface area contributed by atoms with Crippen molar-refractivity contribution >= 4 is 5.97 Å². The van der Waals surface area contributed by atoms with E-state index >= 15 is 0 Å². The van der Waals surface area contributed by atoms with Crippen LogP contribution in [0.3, 0.4) is 0 Å². The Morgan fingerprint density at radius 2 is 1.77 bits per heavy atom. The Balaban J connectivity index is 1.36. The van der Waals surface area contributed by atoms with Gasteiger partial charge < -0.3 is 4.74 Å². The maximum atomic E-state index is 12.9. The van der Waals surface area contributed by atoms with Crippen molar-refractivity contribution < 1.29 is 13.9 Å².